The van der Waals surface area contributed by atoms with E-state index in [1.165, 1.54) is 70.6 Å². The van der Waals surface area contributed by atoms with Gasteiger partial charge in [0.05, 0.1) is 6.61 Å². The molecule has 0 bridgehead atoms. The Morgan fingerprint density at radius 1 is 0.783 bits per heavy atom. The molecule has 0 aromatic heterocycles. The van der Waals surface area contributed by atoms with E-state index in [4.69, 9.17) is 9.79 Å². The monoisotopic (exact) mass is 350 g/mol. The lowest BCUT2D eigenvalue weighted by atomic mass is 9.96. The van der Waals surface area contributed by atoms with Crippen molar-refractivity contribution in [1.82, 2.24) is 0 Å². The second kappa shape index (κ2) is 15.6. The van der Waals surface area contributed by atoms with E-state index in [-0.39, 0.29) is 6.61 Å². The quantitative estimate of drug-likeness (QED) is 0.242. The Balaban J connectivity index is 3.21. The molecule has 0 aromatic rings. The van der Waals surface area contributed by atoms with Crippen molar-refractivity contribution >= 4 is 7.82 Å². The maximum absolute atomic E-state index is 10.5. The van der Waals surface area contributed by atoms with Crippen molar-refractivity contribution in [2.24, 2.45) is 5.92 Å². The van der Waals surface area contributed by atoms with Gasteiger partial charge in [0.15, 0.2) is 0 Å². The summed E-state index contributed by atoms with van der Waals surface area (Å²) in [5.41, 5.74) is 0. The van der Waals surface area contributed by atoms with Gasteiger partial charge in [0.1, 0.15) is 0 Å². The van der Waals surface area contributed by atoms with Crippen molar-refractivity contribution in [3.63, 3.8) is 0 Å². The Morgan fingerprint density at radius 3 is 1.70 bits per heavy atom. The highest BCUT2D eigenvalue weighted by Crippen LogP contribution is 2.35. The summed E-state index contributed by atoms with van der Waals surface area (Å²) in [7, 11) is -4.26. The summed E-state index contributed by atoms with van der Waals surface area (Å²) in [6.07, 6.45) is 17.8. The van der Waals surface area contributed by atoms with Crippen LogP contribution in [-0.4, -0.2) is 16.4 Å². The summed E-state index contributed by atoms with van der Waals surface area (Å²) < 4.78 is 14.9. The van der Waals surface area contributed by atoms with E-state index in [2.05, 4.69) is 18.4 Å². The zero-order valence-electron chi connectivity index (χ0n) is 15.3. The van der Waals surface area contributed by atoms with E-state index >= 15 is 0 Å². The predicted molar refractivity (Wildman–Crippen MR) is 97.5 cm³/mol. The molecule has 2 N–H and O–H groups in total. The molecule has 23 heavy (non-hydrogen) atoms. The molecular weight excluding hydrogens is 311 g/mol. The molecule has 0 aliphatic rings. The molecule has 0 aliphatic heterocycles. The Labute approximate surface area is 143 Å². The molecule has 1 atom stereocenters. The van der Waals surface area contributed by atoms with Gasteiger partial charge in [0.25, 0.3) is 0 Å². The van der Waals surface area contributed by atoms with E-state index in [1.54, 1.807) is 0 Å². The number of hydrogen-bond donors (Lipinski definition) is 2. The minimum Gasteiger partial charge on any atom is -0.303 e. The first-order valence-corrected chi connectivity index (χ1v) is 11.2. The third kappa shape index (κ3) is 20.1. The number of phosphoric acid groups is 1. The topological polar surface area (TPSA) is 66.8 Å². The van der Waals surface area contributed by atoms with Gasteiger partial charge in [-0.05, 0) is 12.3 Å². The van der Waals surface area contributed by atoms with Crippen LogP contribution in [0.15, 0.2) is 0 Å². The first-order chi connectivity index (χ1) is 11.0. The van der Waals surface area contributed by atoms with Crippen LogP contribution in [0.4, 0.5) is 0 Å². The van der Waals surface area contributed by atoms with E-state index in [0.717, 1.165) is 25.2 Å². The standard InChI is InChI=1S/C18H39O4P/c1-3-4-5-6-7-9-12-15-18(2)16-13-10-8-11-14-17-22-23(19,20)21/h18H,3-17H2,1-2H3,(H2,19,20,21). The third-order valence-corrected chi connectivity index (χ3v) is 4.92. The van der Waals surface area contributed by atoms with Gasteiger partial charge >= 0.3 is 7.82 Å². The van der Waals surface area contributed by atoms with Gasteiger partial charge in [-0.2, -0.15) is 0 Å². The zero-order chi connectivity index (χ0) is 17.4. The molecule has 140 valence electrons. The Bertz CT molecular complexity index is 291. The van der Waals surface area contributed by atoms with Crippen LogP contribution in [-0.2, 0) is 9.09 Å². The van der Waals surface area contributed by atoms with Crippen molar-refractivity contribution in [2.45, 2.75) is 104 Å². The molecule has 0 amide bonds. The smallest absolute Gasteiger partial charge is 0.303 e. The van der Waals surface area contributed by atoms with Gasteiger partial charge in [-0.25, -0.2) is 4.57 Å². The lowest BCUT2D eigenvalue weighted by molar-refractivity contribution is 0.193. The van der Waals surface area contributed by atoms with Crippen LogP contribution in [0.3, 0.4) is 0 Å². The highest BCUT2D eigenvalue weighted by molar-refractivity contribution is 7.46. The highest BCUT2D eigenvalue weighted by atomic mass is 31.2. The van der Waals surface area contributed by atoms with Crippen LogP contribution in [0.25, 0.3) is 0 Å². The van der Waals surface area contributed by atoms with Crippen molar-refractivity contribution in [1.29, 1.82) is 0 Å². The van der Waals surface area contributed by atoms with Crippen molar-refractivity contribution in [3.8, 4) is 0 Å². The molecule has 0 saturated heterocycles. The normalized spacial score (nSPS) is 13.4. The minimum atomic E-state index is -4.26. The van der Waals surface area contributed by atoms with Gasteiger partial charge in [-0.1, -0.05) is 97.3 Å². The highest BCUT2D eigenvalue weighted by Gasteiger charge is 2.12. The molecule has 0 rings (SSSR count). The lowest BCUT2D eigenvalue weighted by Gasteiger charge is -2.11. The molecule has 0 saturated carbocycles. The third-order valence-electron chi connectivity index (χ3n) is 4.40. The van der Waals surface area contributed by atoms with Crippen LogP contribution in [0.1, 0.15) is 104 Å². The Kier molecular flexibility index (Phi) is 15.7. The molecule has 0 radical (unpaired) electrons. The molecule has 0 aliphatic carbocycles. The summed E-state index contributed by atoms with van der Waals surface area (Å²) in [6.45, 7) is 4.79. The summed E-state index contributed by atoms with van der Waals surface area (Å²) in [6, 6.07) is 0. The molecule has 5 heteroatoms. The van der Waals surface area contributed by atoms with Gasteiger partial charge < -0.3 is 9.79 Å². The van der Waals surface area contributed by atoms with Crippen LogP contribution in [0.5, 0.6) is 0 Å². The predicted octanol–water partition coefficient (Wildman–Crippen LogP) is 6.21. The number of rotatable bonds is 17. The van der Waals surface area contributed by atoms with Crippen LogP contribution < -0.4 is 0 Å². The largest absolute Gasteiger partial charge is 0.469 e. The molecule has 1 unspecified atom stereocenters. The van der Waals surface area contributed by atoms with Crippen molar-refractivity contribution in [3.05, 3.63) is 0 Å². The molecular formula is C18H39O4P. The minimum absolute atomic E-state index is 0.166. The summed E-state index contributed by atoms with van der Waals surface area (Å²) in [4.78, 5) is 17.1. The first-order valence-electron chi connectivity index (χ1n) is 9.65. The van der Waals surface area contributed by atoms with E-state index in [9.17, 15) is 4.57 Å². The number of hydrogen-bond acceptors (Lipinski definition) is 2. The van der Waals surface area contributed by atoms with Gasteiger partial charge in [-0.15, -0.1) is 0 Å². The zero-order valence-corrected chi connectivity index (χ0v) is 16.2. The fourth-order valence-electron chi connectivity index (χ4n) is 2.90. The fraction of sp³-hybridized carbons (Fsp3) is 1.00. The van der Waals surface area contributed by atoms with Crippen molar-refractivity contribution < 1.29 is 18.9 Å². The van der Waals surface area contributed by atoms with E-state index < -0.39 is 7.82 Å². The average Bonchev–Trinajstić information content (AvgIpc) is 2.48. The van der Waals surface area contributed by atoms with Gasteiger partial charge in [0, 0.05) is 0 Å². The van der Waals surface area contributed by atoms with Crippen molar-refractivity contribution in [2.75, 3.05) is 6.61 Å². The van der Waals surface area contributed by atoms with E-state index in [1.807, 2.05) is 0 Å². The molecule has 0 fully saturated rings. The maximum atomic E-state index is 10.5. The Hall–Kier alpha value is 0.110. The number of phosphoric ester groups is 1. The average molecular weight is 350 g/mol. The summed E-state index contributed by atoms with van der Waals surface area (Å²) in [5.74, 6) is 0.837. The molecule has 0 spiro atoms. The second-order valence-corrected chi connectivity index (χ2v) is 8.13. The SMILES string of the molecule is CCCCCCCCCC(C)CCCCCCCOP(=O)(O)O. The van der Waals surface area contributed by atoms with E-state index in [0.29, 0.717) is 0 Å². The molecule has 4 nitrogen and oxygen atoms in total. The van der Waals surface area contributed by atoms with Crippen LogP contribution in [0, 0.1) is 5.92 Å². The van der Waals surface area contributed by atoms with Gasteiger partial charge in [0.2, 0.25) is 0 Å². The summed E-state index contributed by atoms with van der Waals surface area (Å²) in [5, 5.41) is 0. The number of unbranched alkanes of at least 4 members (excludes halogenated alkanes) is 10. The lowest BCUT2D eigenvalue weighted by Crippen LogP contribution is -1.96. The van der Waals surface area contributed by atoms with Crippen LogP contribution in [0.2, 0.25) is 0 Å². The molecule has 0 heterocycles. The molecule has 0 aromatic carbocycles. The van der Waals surface area contributed by atoms with Crippen LogP contribution >= 0.6 is 7.82 Å². The first kappa shape index (κ1) is 23.1. The maximum Gasteiger partial charge on any atom is 0.469 e. The second-order valence-electron chi connectivity index (χ2n) is 6.90. The fourth-order valence-corrected chi connectivity index (χ4v) is 3.27. The summed E-state index contributed by atoms with van der Waals surface area (Å²) >= 11 is 0. The van der Waals surface area contributed by atoms with Gasteiger partial charge in [-0.3, -0.25) is 4.52 Å². The Morgan fingerprint density at radius 2 is 1.22 bits per heavy atom.